The van der Waals surface area contributed by atoms with Gasteiger partial charge in [0.15, 0.2) is 10.1 Å². The molecule has 1 unspecified atom stereocenters. The molecule has 18 heavy (non-hydrogen) atoms. The maximum Gasteiger partial charge on any atom is 0.176 e. The van der Waals surface area contributed by atoms with Crippen LogP contribution in [0, 0.1) is 13.8 Å². The van der Waals surface area contributed by atoms with Crippen molar-refractivity contribution in [3.8, 4) is 0 Å². The number of aryl methyl sites for hydroxylation is 2. The summed E-state index contributed by atoms with van der Waals surface area (Å²) in [5.74, 6) is 0.149. The van der Waals surface area contributed by atoms with Crippen LogP contribution in [0.15, 0.2) is 28.9 Å². The summed E-state index contributed by atoms with van der Waals surface area (Å²) >= 11 is 2.78. The molecule has 0 amide bonds. The Kier molecular flexibility index (Phi) is 4.14. The molecular formula is C13H14N2OS2. The van der Waals surface area contributed by atoms with Crippen molar-refractivity contribution in [1.29, 1.82) is 0 Å². The Morgan fingerprint density at radius 1 is 1.39 bits per heavy atom. The second kappa shape index (κ2) is 5.63. The highest BCUT2D eigenvalue weighted by molar-refractivity contribution is 8.02. The zero-order valence-corrected chi connectivity index (χ0v) is 12.1. The molecule has 0 N–H and O–H groups in total. The molecule has 0 aliphatic heterocycles. The molecule has 3 nitrogen and oxygen atoms in total. The number of Topliss-reactive ketones (excluding diaryl/α,β-unsaturated/α-hetero) is 1. The Labute approximate surface area is 115 Å². The molecule has 0 fully saturated rings. The highest BCUT2D eigenvalue weighted by Gasteiger charge is 2.19. The number of ketones is 1. The van der Waals surface area contributed by atoms with Crippen molar-refractivity contribution >= 4 is 29.1 Å². The monoisotopic (exact) mass is 278 g/mol. The number of carbonyl (C=O) groups excluding carboxylic acids is 1. The lowest BCUT2D eigenvalue weighted by Gasteiger charge is -2.11. The summed E-state index contributed by atoms with van der Waals surface area (Å²) in [5.41, 5.74) is 2.94. The number of benzene rings is 1. The predicted octanol–water partition coefficient (Wildman–Crippen LogP) is 3.52. The van der Waals surface area contributed by atoms with Crippen LogP contribution in [0.1, 0.15) is 28.4 Å². The van der Waals surface area contributed by atoms with E-state index in [0.29, 0.717) is 0 Å². The lowest BCUT2D eigenvalue weighted by Crippen LogP contribution is -2.14. The number of hydrogen-bond acceptors (Lipinski definition) is 5. The Morgan fingerprint density at radius 2 is 2.17 bits per heavy atom. The summed E-state index contributed by atoms with van der Waals surface area (Å²) in [7, 11) is 0. The molecule has 1 aromatic heterocycles. The molecule has 0 radical (unpaired) electrons. The van der Waals surface area contributed by atoms with E-state index in [1.54, 1.807) is 0 Å². The summed E-state index contributed by atoms with van der Waals surface area (Å²) in [6, 6.07) is 5.97. The first-order valence-corrected chi connectivity index (χ1v) is 7.28. The molecule has 1 heterocycles. The molecule has 2 aromatic rings. The molecule has 1 atom stereocenters. The van der Waals surface area contributed by atoms with Crippen molar-refractivity contribution in [2.45, 2.75) is 30.4 Å². The van der Waals surface area contributed by atoms with E-state index in [2.05, 4.69) is 9.36 Å². The standard InChI is InChI=1S/C13H14N2OS2/c1-8-4-5-9(2)11(6-8)12(16)10(3)17-13-14-7-15-18-13/h4-7,10H,1-3H3. The van der Waals surface area contributed by atoms with Gasteiger partial charge in [0.1, 0.15) is 6.33 Å². The molecule has 1 aromatic carbocycles. The van der Waals surface area contributed by atoms with Gasteiger partial charge in [0.25, 0.3) is 0 Å². The van der Waals surface area contributed by atoms with Crippen LogP contribution in [-0.2, 0) is 0 Å². The van der Waals surface area contributed by atoms with Gasteiger partial charge in [-0.05, 0) is 43.9 Å². The van der Waals surface area contributed by atoms with Crippen molar-refractivity contribution in [3.63, 3.8) is 0 Å². The average Bonchev–Trinajstić information content (AvgIpc) is 2.84. The van der Waals surface area contributed by atoms with Crippen LogP contribution in [0.25, 0.3) is 0 Å². The number of aromatic nitrogens is 2. The van der Waals surface area contributed by atoms with Gasteiger partial charge in [-0.25, -0.2) is 4.98 Å². The molecule has 0 aliphatic carbocycles. The van der Waals surface area contributed by atoms with E-state index in [-0.39, 0.29) is 11.0 Å². The van der Waals surface area contributed by atoms with Crippen LogP contribution in [0.2, 0.25) is 0 Å². The van der Waals surface area contributed by atoms with Gasteiger partial charge in [-0.15, -0.1) is 0 Å². The van der Waals surface area contributed by atoms with E-state index >= 15 is 0 Å². The van der Waals surface area contributed by atoms with E-state index in [4.69, 9.17) is 0 Å². The number of thioether (sulfide) groups is 1. The van der Waals surface area contributed by atoms with Gasteiger partial charge in [0.2, 0.25) is 0 Å². The Bertz CT molecular complexity index is 552. The van der Waals surface area contributed by atoms with E-state index in [9.17, 15) is 4.79 Å². The van der Waals surface area contributed by atoms with Gasteiger partial charge >= 0.3 is 0 Å². The van der Waals surface area contributed by atoms with Crippen LogP contribution >= 0.6 is 23.3 Å². The number of hydrogen-bond donors (Lipinski definition) is 0. The van der Waals surface area contributed by atoms with E-state index < -0.39 is 0 Å². The second-order valence-corrected chi connectivity index (χ2v) is 6.52. The first kappa shape index (κ1) is 13.2. The maximum atomic E-state index is 12.4. The summed E-state index contributed by atoms with van der Waals surface area (Å²) < 4.78 is 4.77. The van der Waals surface area contributed by atoms with Gasteiger partial charge in [-0.1, -0.05) is 29.5 Å². The Hall–Kier alpha value is -1.20. The average molecular weight is 278 g/mol. The molecular weight excluding hydrogens is 264 g/mol. The predicted molar refractivity (Wildman–Crippen MR) is 75.5 cm³/mol. The van der Waals surface area contributed by atoms with Crippen LogP contribution in [0.3, 0.4) is 0 Å². The summed E-state index contributed by atoms with van der Waals surface area (Å²) in [6.07, 6.45) is 1.52. The molecule has 5 heteroatoms. The normalized spacial score (nSPS) is 12.4. The van der Waals surface area contributed by atoms with Gasteiger partial charge in [-0.2, -0.15) is 4.37 Å². The van der Waals surface area contributed by atoms with Crippen molar-refractivity contribution in [2.75, 3.05) is 0 Å². The van der Waals surface area contributed by atoms with Gasteiger partial charge < -0.3 is 0 Å². The molecule has 0 bridgehead atoms. The number of nitrogens with zero attached hydrogens (tertiary/aromatic N) is 2. The van der Waals surface area contributed by atoms with Gasteiger partial charge in [0.05, 0.1) is 5.25 Å². The number of rotatable bonds is 4. The Balaban J connectivity index is 2.17. The molecule has 0 saturated heterocycles. The minimum Gasteiger partial charge on any atom is -0.293 e. The lowest BCUT2D eigenvalue weighted by molar-refractivity contribution is 0.0993. The quantitative estimate of drug-likeness (QED) is 0.634. The smallest absolute Gasteiger partial charge is 0.176 e. The highest BCUT2D eigenvalue weighted by atomic mass is 32.2. The third-order valence-electron chi connectivity index (χ3n) is 2.65. The third kappa shape index (κ3) is 2.97. The van der Waals surface area contributed by atoms with Gasteiger partial charge in [-0.3, -0.25) is 4.79 Å². The first-order chi connectivity index (χ1) is 8.58. The zero-order valence-electron chi connectivity index (χ0n) is 10.5. The van der Waals surface area contributed by atoms with Crippen LogP contribution in [-0.4, -0.2) is 20.4 Å². The molecule has 94 valence electrons. The largest absolute Gasteiger partial charge is 0.293 e. The van der Waals surface area contributed by atoms with Gasteiger partial charge in [0, 0.05) is 5.56 Å². The van der Waals surface area contributed by atoms with E-state index in [1.807, 2.05) is 39.0 Å². The molecule has 2 rings (SSSR count). The van der Waals surface area contributed by atoms with Crippen LogP contribution < -0.4 is 0 Å². The molecule has 0 aliphatic rings. The SMILES string of the molecule is Cc1ccc(C)c(C(=O)C(C)Sc2ncns2)c1. The fraction of sp³-hybridized carbons (Fsp3) is 0.308. The fourth-order valence-electron chi connectivity index (χ4n) is 1.64. The van der Waals surface area contributed by atoms with Crippen molar-refractivity contribution in [2.24, 2.45) is 0 Å². The van der Waals surface area contributed by atoms with E-state index in [1.165, 1.54) is 29.6 Å². The second-order valence-electron chi connectivity index (χ2n) is 4.15. The molecule has 0 saturated carbocycles. The highest BCUT2D eigenvalue weighted by Crippen LogP contribution is 2.27. The van der Waals surface area contributed by atoms with Crippen LogP contribution in [0.5, 0.6) is 0 Å². The Morgan fingerprint density at radius 3 is 2.83 bits per heavy atom. The minimum atomic E-state index is -0.140. The van der Waals surface area contributed by atoms with Crippen molar-refractivity contribution in [3.05, 3.63) is 41.2 Å². The third-order valence-corrected chi connectivity index (χ3v) is 4.49. The maximum absolute atomic E-state index is 12.4. The summed E-state index contributed by atoms with van der Waals surface area (Å²) in [5, 5.41) is -0.140. The minimum absolute atomic E-state index is 0.140. The summed E-state index contributed by atoms with van der Waals surface area (Å²) in [6.45, 7) is 5.88. The first-order valence-electron chi connectivity index (χ1n) is 5.62. The van der Waals surface area contributed by atoms with Crippen LogP contribution in [0.4, 0.5) is 0 Å². The van der Waals surface area contributed by atoms with E-state index in [0.717, 1.165) is 21.0 Å². The topological polar surface area (TPSA) is 42.9 Å². The zero-order chi connectivity index (χ0) is 13.1. The number of carbonyl (C=O) groups is 1. The lowest BCUT2D eigenvalue weighted by atomic mass is 10.0. The fourth-order valence-corrected chi connectivity index (χ4v) is 3.30. The molecule has 0 spiro atoms. The van der Waals surface area contributed by atoms with Crippen molar-refractivity contribution in [1.82, 2.24) is 9.36 Å². The van der Waals surface area contributed by atoms with Crippen molar-refractivity contribution < 1.29 is 4.79 Å². The summed E-state index contributed by atoms with van der Waals surface area (Å²) in [4.78, 5) is 16.5.